The summed E-state index contributed by atoms with van der Waals surface area (Å²) in [6.07, 6.45) is -0.871. The number of ether oxygens (including phenoxy) is 2. The molecule has 2 rings (SSSR count). The van der Waals surface area contributed by atoms with Crippen LogP contribution in [0.15, 0.2) is 18.2 Å². The lowest BCUT2D eigenvalue weighted by atomic mass is 10.1. The summed E-state index contributed by atoms with van der Waals surface area (Å²) >= 11 is 0. The SMILES string of the molecule is CCOC(=O)CC1Oc2ccc(C)cc2N(C)C1=O. The van der Waals surface area contributed by atoms with Crippen LogP contribution in [-0.2, 0) is 14.3 Å². The van der Waals surface area contributed by atoms with Gasteiger partial charge >= 0.3 is 5.97 Å². The van der Waals surface area contributed by atoms with Gasteiger partial charge in [0.05, 0.1) is 18.7 Å². The number of hydrogen-bond acceptors (Lipinski definition) is 4. The van der Waals surface area contributed by atoms with Crippen LogP contribution in [-0.4, -0.2) is 31.6 Å². The summed E-state index contributed by atoms with van der Waals surface area (Å²) in [6.45, 7) is 3.97. The van der Waals surface area contributed by atoms with Gasteiger partial charge in [0.2, 0.25) is 0 Å². The minimum absolute atomic E-state index is 0.0651. The number of benzene rings is 1. The smallest absolute Gasteiger partial charge is 0.310 e. The summed E-state index contributed by atoms with van der Waals surface area (Å²) in [4.78, 5) is 25.1. The lowest BCUT2D eigenvalue weighted by Crippen LogP contribution is -2.45. The molecule has 5 nitrogen and oxygen atoms in total. The van der Waals surface area contributed by atoms with E-state index in [1.165, 1.54) is 4.90 Å². The molecule has 1 aromatic carbocycles. The molecule has 0 radical (unpaired) electrons. The highest BCUT2D eigenvalue weighted by molar-refractivity contribution is 6.01. The Morgan fingerprint density at radius 1 is 1.47 bits per heavy atom. The summed E-state index contributed by atoms with van der Waals surface area (Å²) in [5.74, 6) is -0.0436. The second-order valence-corrected chi connectivity index (χ2v) is 4.48. The Morgan fingerprint density at radius 3 is 2.89 bits per heavy atom. The molecule has 1 aliphatic rings. The second-order valence-electron chi connectivity index (χ2n) is 4.48. The molecule has 0 spiro atoms. The van der Waals surface area contributed by atoms with Gasteiger partial charge in [-0.05, 0) is 31.5 Å². The maximum Gasteiger partial charge on any atom is 0.310 e. The summed E-state index contributed by atoms with van der Waals surface area (Å²) in [5, 5.41) is 0. The lowest BCUT2D eigenvalue weighted by molar-refractivity contribution is -0.147. The highest BCUT2D eigenvalue weighted by Gasteiger charge is 2.34. The highest BCUT2D eigenvalue weighted by Crippen LogP contribution is 2.34. The van der Waals surface area contributed by atoms with Crippen LogP contribution in [0.25, 0.3) is 0 Å². The molecule has 1 aliphatic heterocycles. The molecule has 1 heterocycles. The van der Waals surface area contributed by atoms with Gasteiger partial charge in [-0.25, -0.2) is 0 Å². The van der Waals surface area contributed by atoms with Crippen LogP contribution >= 0.6 is 0 Å². The first-order valence-corrected chi connectivity index (χ1v) is 6.23. The molecule has 102 valence electrons. The van der Waals surface area contributed by atoms with Crippen molar-refractivity contribution in [3.63, 3.8) is 0 Å². The van der Waals surface area contributed by atoms with Crippen LogP contribution in [0, 0.1) is 6.92 Å². The molecule has 0 bridgehead atoms. The van der Waals surface area contributed by atoms with E-state index in [4.69, 9.17) is 9.47 Å². The van der Waals surface area contributed by atoms with E-state index in [0.29, 0.717) is 12.4 Å². The van der Waals surface area contributed by atoms with E-state index in [-0.39, 0.29) is 12.3 Å². The molecule has 1 atom stereocenters. The Balaban J connectivity index is 2.21. The van der Waals surface area contributed by atoms with Crippen LogP contribution < -0.4 is 9.64 Å². The predicted octanol–water partition coefficient (Wildman–Crippen LogP) is 1.67. The molecule has 0 saturated heterocycles. The van der Waals surface area contributed by atoms with Gasteiger partial charge in [-0.3, -0.25) is 9.59 Å². The predicted molar refractivity (Wildman–Crippen MR) is 70.3 cm³/mol. The molecule has 0 aliphatic carbocycles. The number of fused-ring (bicyclic) bond motifs is 1. The molecule has 1 unspecified atom stereocenters. The number of hydrogen-bond donors (Lipinski definition) is 0. The summed E-state index contributed by atoms with van der Waals surface area (Å²) in [7, 11) is 1.68. The van der Waals surface area contributed by atoms with Crippen molar-refractivity contribution in [2.45, 2.75) is 26.4 Å². The third kappa shape index (κ3) is 2.70. The summed E-state index contributed by atoms with van der Waals surface area (Å²) < 4.78 is 10.4. The Kier molecular flexibility index (Phi) is 3.74. The van der Waals surface area contributed by atoms with E-state index in [2.05, 4.69) is 0 Å². The Bertz CT molecular complexity index is 512. The summed E-state index contributed by atoms with van der Waals surface area (Å²) in [6, 6.07) is 5.60. The molecule has 0 N–H and O–H groups in total. The van der Waals surface area contributed by atoms with Gasteiger partial charge in [-0.15, -0.1) is 0 Å². The fraction of sp³-hybridized carbons (Fsp3) is 0.429. The maximum absolute atomic E-state index is 12.1. The van der Waals surface area contributed by atoms with Gasteiger partial charge in [-0.1, -0.05) is 6.07 Å². The van der Waals surface area contributed by atoms with E-state index in [9.17, 15) is 9.59 Å². The van der Waals surface area contributed by atoms with E-state index < -0.39 is 12.1 Å². The van der Waals surface area contributed by atoms with Crippen molar-refractivity contribution in [1.29, 1.82) is 0 Å². The number of likely N-dealkylation sites (N-methyl/N-ethyl adjacent to an activating group) is 1. The van der Waals surface area contributed by atoms with Gasteiger partial charge < -0.3 is 14.4 Å². The molecule has 5 heteroatoms. The van der Waals surface area contributed by atoms with Crippen molar-refractivity contribution in [2.24, 2.45) is 0 Å². The van der Waals surface area contributed by atoms with Crippen LogP contribution in [0.1, 0.15) is 18.9 Å². The van der Waals surface area contributed by atoms with Crippen LogP contribution in [0.2, 0.25) is 0 Å². The number of esters is 1. The van der Waals surface area contributed by atoms with E-state index in [1.54, 1.807) is 14.0 Å². The number of carbonyl (C=O) groups is 2. The average molecular weight is 263 g/mol. The molecule has 0 fully saturated rings. The number of amides is 1. The molecule has 1 amide bonds. The van der Waals surface area contributed by atoms with Gasteiger partial charge in [0.25, 0.3) is 5.91 Å². The standard InChI is InChI=1S/C14H17NO4/c1-4-18-13(16)8-12-14(17)15(3)10-7-9(2)5-6-11(10)19-12/h5-7,12H,4,8H2,1-3H3. The molecule has 19 heavy (non-hydrogen) atoms. The molecule has 0 saturated carbocycles. The third-order valence-corrected chi connectivity index (χ3v) is 3.01. The Morgan fingerprint density at radius 2 is 2.21 bits per heavy atom. The first-order chi connectivity index (χ1) is 9.02. The average Bonchev–Trinajstić information content (AvgIpc) is 2.37. The van der Waals surface area contributed by atoms with Crippen molar-refractivity contribution in [3.8, 4) is 5.75 Å². The molecular weight excluding hydrogens is 246 g/mol. The van der Waals surface area contributed by atoms with Crippen LogP contribution in [0.3, 0.4) is 0 Å². The van der Waals surface area contributed by atoms with E-state index in [0.717, 1.165) is 11.3 Å². The number of aryl methyl sites for hydroxylation is 1. The monoisotopic (exact) mass is 263 g/mol. The van der Waals surface area contributed by atoms with Crippen LogP contribution in [0.5, 0.6) is 5.75 Å². The maximum atomic E-state index is 12.1. The van der Waals surface area contributed by atoms with Gasteiger partial charge in [-0.2, -0.15) is 0 Å². The Labute approximate surface area is 112 Å². The quantitative estimate of drug-likeness (QED) is 0.778. The van der Waals surface area contributed by atoms with Gasteiger partial charge in [0.1, 0.15) is 5.75 Å². The molecule has 1 aromatic rings. The Hall–Kier alpha value is -2.04. The van der Waals surface area contributed by atoms with Gasteiger partial charge in [0, 0.05) is 7.05 Å². The first-order valence-electron chi connectivity index (χ1n) is 6.23. The number of nitrogens with zero attached hydrogens (tertiary/aromatic N) is 1. The third-order valence-electron chi connectivity index (χ3n) is 3.01. The zero-order valence-corrected chi connectivity index (χ0v) is 11.3. The van der Waals surface area contributed by atoms with Gasteiger partial charge in [0.15, 0.2) is 6.10 Å². The van der Waals surface area contributed by atoms with Crippen molar-refractivity contribution in [3.05, 3.63) is 23.8 Å². The zero-order chi connectivity index (χ0) is 14.0. The number of rotatable bonds is 3. The van der Waals surface area contributed by atoms with E-state index in [1.807, 2.05) is 25.1 Å². The first kappa shape index (κ1) is 13.4. The minimum Gasteiger partial charge on any atom is -0.478 e. The van der Waals surface area contributed by atoms with Crippen molar-refractivity contribution in [2.75, 3.05) is 18.6 Å². The lowest BCUT2D eigenvalue weighted by Gasteiger charge is -2.31. The topological polar surface area (TPSA) is 55.8 Å². The zero-order valence-electron chi connectivity index (χ0n) is 11.3. The van der Waals surface area contributed by atoms with Crippen molar-refractivity contribution >= 4 is 17.6 Å². The van der Waals surface area contributed by atoms with Crippen LogP contribution in [0.4, 0.5) is 5.69 Å². The highest BCUT2D eigenvalue weighted by atomic mass is 16.5. The fourth-order valence-corrected chi connectivity index (χ4v) is 2.03. The number of carbonyl (C=O) groups excluding carboxylic acids is 2. The normalized spacial score (nSPS) is 17.7. The second kappa shape index (κ2) is 5.30. The largest absolute Gasteiger partial charge is 0.478 e. The van der Waals surface area contributed by atoms with E-state index >= 15 is 0 Å². The fourth-order valence-electron chi connectivity index (χ4n) is 2.03. The number of anilines is 1. The van der Waals surface area contributed by atoms with Crippen molar-refractivity contribution < 1.29 is 19.1 Å². The summed E-state index contributed by atoms with van der Waals surface area (Å²) in [5.41, 5.74) is 1.77. The minimum atomic E-state index is -0.806. The molecular formula is C14H17NO4. The van der Waals surface area contributed by atoms with Crippen molar-refractivity contribution in [1.82, 2.24) is 0 Å². The molecule has 0 aromatic heterocycles.